The van der Waals surface area contributed by atoms with E-state index in [1.54, 1.807) is 6.20 Å². The molecule has 5 heteroatoms. The first kappa shape index (κ1) is 15.5. The van der Waals surface area contributed by atoms with Gasteiger partial charge in [-0.2, -0.15) is 0 Å². The van der Waals surface area contributed by atoms with Gasteiger partial charge >= 0.3 is 0 Å². The third-order valence-corrected chi connectivity index (χ3v) is 4.34. The molecule has 2 aromatic rings. The molecule has 2 aromatic heterocycles. The zero-order valence-electron chi connectivity index (χ0n) is 13.4. The Morgan fingerprint density at radius 3 is 2.61 bits per heavy atom. The van der Waals surface area contributed by atoms with Crippen LogP contribution in [0.15, 0.2) is 48.9 Å². The molecule has 0 aliphatic carbocycles. The van der Waals surface area contributed by atoms with Crippen LogP contribution in [-0.2, 0) is 4.79 Å². The van der Waals surface area contributed by atoms with Gasteiger partial charge in [-0.15, -0.1) is 0 Å². The summed E-state index contributed by atoms with van der Waals surface area (Å²) < 4.78 is 0. The molecule has 3 rings (SSSR count). The van der Waals surface area contributed by atoms with Crippen LogP contribution in [0.25, 0.3) is 0 Å². The molecule has 5 nitrogen and oxygen atoms in total. The minimum Gasteiger partial charge on any atom is -0.353 e. The van der Waals surface area contributed by atoms with Crippen molar-refractivity contribution in [2.24, 2.45) is 0 Å². The van der Waals surface area contributed by atoms with Crippen molar-refractivity contribution in [1.82, 2.24) is 14.9 Å². The first-order valence-electron chi connectivity index (χ1n) is 8.07. The molecular weight excluding hydrogens is 288 g/mol. The Hall–Kier alpha value is -2.43. The average Bonchev–Trinajstić information content (AvgIpc) is 2.63. The number of pyridine rings is 2. The van der Waals surface area contributed by atoms with Gasteiger partial charge in [-0.25, -0.2) is 4.98 Å². The predicted molar refractivity (Wildman–Crippen MR) is 90.3 cm³/mol. The number of nitrogens with zero attached hydrogens (tertiary/aromatic N) is 4. The maximum absolute atomic E-state index is 12.5. The highest BCUT2D eigenvalue weighted by atomic mass is 16.2. The van der Waals surface area contributed by atoms with Crippen molar-refractivity contribution in [2.45, 2.75) is 19.3 Å². The van der Waals surface area contributed by atoms with Gasteiger partial charge in [0, 0.05) is 51.2 Å². The number of rotatable bonds is 4. The summed E-state index contributed by atoms with van der Waals surface area (Å²) in [6.07, 6.45) is 5.95. The Morgan fingerprint density at radius 2 is 1.96 bits per heavy atom. The smallest absolute Gasteiger partial charge is 0.223 e. The third-order valence-electron chi connectivity index (χ3n) is 4.34. The Bertz CT molecular complexity index is 624. The SMILES string of the molecule is CC(CC(=O)N1CCN(c2ccccn2)CC1)c1cccnc1. The van der Waals surface area contributed by atoms with E-state index in [9.17, 15) is 4.79 Å². The van der Waals surface area contributed by atoms with Crippen molar-refractivity contribution in [3.8, 4) is 0 Å². The van der Waals surface area contributed by atoms with Gasteiger partial charge in [0.05, 0.1) is 0 Å². The van der Waals surface area contributed by atoms with Crippen LogP contribution >= 0.6 is 0 Å². The summed E-state index contributed by atoms with van der Waals surface area (Å²) in [6, 6.07) is 9.88. The molecule has 1 aliphatic rings. The van der Waals surface area contributed by atoms with E-state index in [-0.39, 0.29) is 11.8 Å². The molecule has 1 unspecified atom stereocenters. The van der Waals surface area contributed by atoms with E-state index in [1.165, 1.54) is 0 Å². The van der Waals surface area contributed by atoms with E-state index in [1.807, 2.05) is 47.6 Å². The second kappa shape index (κ2) is 7.22. The van der Waals surface area contributed by atoms with Crippen molar-refractivity contribution >= 4 is 11.7 Å². The summed E-state index contributed by atoms with van der Waals surface area (Å²) in [5.41, 5.74) is 1.12. The van der Waals surface area contributed by atoms with Crippen LogP contribution in [-0.4, -0.2) is 47.0 Å². The summed E-state index contributed by atoms with van der Waals surface area (Å²) in [4.78, 5) is 25.2. The Labute approximate surface area is 137 Å². The molecule has 0 saturated carbocycles. The lowest BCUT2D eigenvalue weighted by Crippen LogP contribution is -2.49. The van der Waals surface area contributed by atoms with Crippen LogP contribution in [0.4, 0.5) is 5.82 Å². The fourth-order valence-electron chi connectivity index (χ4n) is 2.90. The predicted octanol–water partition coefficient (Wildman–Crippen LogP) is 2.32. The van der Waals surface area contributed by atoms with Gasteiger partial charge in [0.25, 0.3) is 0 Å². The highest BCUT2D eigenvalue weighted by Gasteiger charge is 2.23. The Kier molecular flexibility index (Phi) is 4.86. The van der Waals surface area contributed by atoms with Gasteiger partial charge in [-0.3, -0.25) is 9.78 Å². The number of piperazine rings is 1. The zero-order valence-corrected chi connectivity index (χ0v) is 13.4. The number of anilines is 1. The van der Waals surface area contributed by atoms with E-state index >= 15 is 0 Å². The number of amides is 1. The number of carbonyl (C=O) groups excluding carboxylic acids is 1. The Morgan fingerprint density at radius 1 is 1.13 bits per heavy atom. The summed E-state index contributed by atoms with van der Waals surface area (Å²) >= 11 is 0. The summed E-state index contributed by atoms with van der Waals surface area (Å²) in [6.45, 7) is 5.28. The van der Waals surface area contributed by atoms with Crippen molar-refractivity contribution < 1.29 is 4.79 Å². The van der Waals surface area contributed by atoms with E-state index in [0.29, 0.717) is 6.42 Å². The van der Waals surface area contributed by atoms with Crippen molar-refractivity contribution in [1.29, 1.82) is 0 Å². The fourth-order valence-corrected chi connectivity index (χ4v) is 2.90. The standard InChI is InChI=1S/C18H22N4O/c1-15(16-5-4-7-19-14-16)13-18(23)22-11-9-21(10-12-22)17-6-2-3-8-20-17/h2-8,14-15H,9-13H2,1H3. The maximum atomic E-state index is 12.5. The van der Waals surface area contributed by atoms with Gasteiger partial charge < -0.3 is 9.80 Å². The normalized spacial score (nSPS) is 16.2. The van der Waals surface area contributed by atoms with Gasteiger partial charge in [0.15, 0.2) is 0 Å². The monoisotopic (exact) mass is 310 g/mol. The van der Waals surface area contributed by atoms with Gasteiger partial charge in [-0.05, 0) is 29.7 Å². The fraction of sp³-hybridized carbons (Fsp3) is 0.389. The van der Waals surface area contributed by atoms with E-state index < -0.39 is 0 Å². The highest BCUT2D eigenvalue weighted by molar-refractivity contribution is 5.77. The van der Waals surface area contributed by atoms with E-state index in [4.69, 9.17) is 0 Å². The van der Waals surface area contributed by atoms with Crippen molar-refractivity contribution in [3.63, 3.8) is 0 Å². The molecule has 1 saturated heterocycles. The van der Waals surface area contributed by atoms with Crippen LogP contribution in [0.1, 0.15) is 24.8 Å². The second-order valence-corrected chi connectivity index (χ2v) is 5.95. The molecule has 0 radical (unpaired) electrons. The van der Waals surface area contributed by atoms with Gasteiger partial charge in [0.1, 0.15) is 5.82 Å². The summed E-state index contributed by atoms with van der Waals surface area (Å²) in [7, 11) is 0. The lowest BCUT2D eigenvalue weighted by atomic mass is 9.99. The Balaban J connectivity index is 1.52. The molecule has 0 spiro atoms. The van der Waals surface area contributed by atoms with Crippen LogP contribution in [0.5, 0.6) is 0 Å². The van der Waals surface area contributed by atoms with Crippen molar-refractivity contribution in [3.05, 3.63) is 54.5 Å². The molecule has 120 valence electrons. The molecule has 0 N–H and O–H groups in total. The topological polar surface area (TPSA) is 49.3 Å². The van der Waals surface area contributed by atoms with Crippen LogP contribution in [0.2, 0.25) is 0 Å². The van der Waals surface area contributed by atoms with E-state index in [2.05, 4.69) is 21.8 Å². The quantitative estimate of drug-likeness (QED) is 0.869. The van der Waals surface area contributed by atoms with Crippen molar-refractivity contribution in [2.75, 3.05) is 31.1 Å². The molecular formula is C18H22N4O. The largest absolute Gasteiger partial charge is 0.353 e. The lowest BCUT2D eigenvalue weighted by Gasteiger charge is -2.35. The molecule has 0 aromatic carbocycles. The van der Waals surface area contributed by atoms with Gasteiger partial charge in [0.2, 0.25) is 5.91 Å². The van der Waals surface area contributed by atoms with Gasteiger partial charge in [-0.1, -0.05) is 19.1 Å². The van der Waals surface area contributed by atoms with E-state index in [0.717, 1.165) is 37.6 Å². The number of carbonyl (C=O) groups is 1. The van der Waals surface area contributed by atoms with Crippen LogP contribution in [0, 0.1) is 0 Å². The second-order valence-electron chi connectivity index (χ2n) is 5.95. The average molecular weight is 310 g/mol. The van der Waals surface area contributed by atoms with Crippen LogP contribution < -0.4 is 4.90 Å². The zero-order chi connectivity index (χ0) is 16.1. The summed E-state index contributed by atoms with van der Waals surface area (Å²) in [5.74, 6) is 1.41. The molecule has 1 aliphatic heterocycles. The molecule has 1 atom stereocenters. The number of hydrogen-bond acceptors (Lipinski definition) is 4. The molecule has 1 fully saturated rings. The van der Waals surface area contributed by atoms with Crippen LogP contribution in [0.3, 0.4) is 0 Å². The number of hydrogen-bond donors (Lipinski definition) is 0. The first-order chi connectivity index (χ1) is 11.2. The third kappa shape index (κ3) is 3.86. The highest BCUT2D eigenvalue weighted by Crippen LogP contribution is 2.20. The molecule has 3 heterocycles. The lowest BCUT2D eigenvalue weighted by molar-refractivity contribution is -0.131. The molecule has 23 heavy (non-hydrogen) atoms. The number of aromatic nitrogens is 2. The molecule has 1 amide bonds. The molecule has 0 bridgehead atoms. The summed E-state index contributed by atoms with van der Waals surface area (Å²) in [5, 5.41) is 0. The minimum absolute atomic E-state index is 0.199. The maximum Gasteiger partial charge on any atom is 0.223 e. The minimum atomic E-state index is 0.199. The first-order valence-corrected chi connectivity index (χ1v) is 8.07.